The maximum absolute atomic E-state index is 6.08. The maximum atomic E-state index is 6.08. The molecule has 3 heterocycles. The van der Waals surface area contributed by atoms with E-state index in [0.717, 1.165) is 27.3 Å². The van der Waals surface area contributed by atoms with Gasteiger partial charge >= 0.3 is 0 Å². The Morgan fingerprint density at radius 1 is 1.30 bits per heavy atom. The third-order valence-electron chi connectivity index (χ3n) is 2.93. The molecule has 0 aliphatic carbocycles. The summed E-state index contributed by atoms with van der Waals surface area (Å²) < 4.78 is 2.65. The van der Waals surface area contributed by atoms with Gasteiger partial charge in [-0.15, -0.1) is 11.3 Å². The van der Waals surface area contributed by atoms with E-state index in [-0.39, 0.29) is 0 Å². The summed E-state index contributed by atoms with van der Waals surface area (Å²) in [4.78, 5) is 6.74. The summed E-state index contributed by atoms with van der Waals surface area (Å²) in [6.45, 7) is 2.14. The second-order valence-electron chi connectivity index (χ2n) is 4.33. The lowest BCUT2D eigenvalue weighted by Crippen LogP contribution is -1.97. The Morgan fingerprint density at radius 2 is 2.15 bits per heavy atom. The molecule has 0 spiro atoms. The number of anilines is 1. The van der Waals surface area contributed by atoms with E-state index in [1.165, 1.54) is 4.88 Å². The molecule has 102 valence electrons. The number of hydrogen-bond acceptors (Lipinski definition) is 4. The van der Waals surface area contributed by atoms with E-state index in [0.29, 0.717) is 5.69 Å². The molecule has 0 bridgehead atoms. The number of hydrogen-bond donors (Lipinski definition) is 1. The highest BCUT2D eigenvalue weighted by Gasteiger charge is 2.12. The Morgan fingerprint density at radius 3 is 2.80 bits per heavy atom. The number of rotatable bonds is 3. The minimum Gasteiger partial charge on any atom is -0.396 e. The van der Waals surface area contributed by atoms with Gasteiger partial charge < -0.3 is 5.73 Å². The number of halogens is 1. The van der Waals surface area contributed by atoms with Crippen LogP contribution in [0.25, 0.3) is 16.4 Å². The van der Waals surface area contributed by atoms with Gasteiger partial charge in [-0.1, -0.05) is 6.92 Å². The van der Waals surface area contributed by atoms with Gasteiger partial charge in [0.05, 0.1) is 16.8 Å². The van der Waals surface area contributed by atoms with Gasteiger partial charge in [0.25, 0.3) is 0 Å². The first-order chi connectivity index (χ1) is 9.67. The molecule has 0 saturated carbocycles. The molecule has 0 atom stereocenters. The lowest BCUT2D eigenvalue weighted by molar-refractivity contribution is 0.850. The molecule has 4 nitrogen and oxygen atoms in total. The molecule has 0 amide bonds. The van der Waals surface area contributed by atoms with Crippen molar-refractivity contribution in [3.05, 3.63) is 46.0 Å². The predicted octanol–water partition coefficient (Wildman–Crippen LogP) is 3.90. The second kappa shape index (κ2) is 5.38. The quantitative estimate of drug-likeness (QED) is 0.780. The molecule has 0 aromatic carbocycles. The third kappa shape index (κ3) is 2.48. The highest BCUT2D eigenvalue weighted by Crippen LogP contribution is 2.31. The summed E-state index contributed by atoms with van der Waals surface area (Å²) in [5.74, 6) is 0.749. The van der Waals surface area contributed by atoms with Crippen molar-refractivity contribution in [2.75, 3.05) is 5.73 Å². The summed E-state index contributed by atoms with van der Waals surface area (Å²) in [5.41, 5.74) is 7.56. The summed E-state index contributed by atoms with van der Waals surface area (Å²) in [7, 11) is 0. The number of nitrogen functional groups attached to an aromatic ring is 1. The largest absolute Gasteiger partial charge is 0.396 e. The van der Waals surface area contributed by atoms with Gasteiger partial charge in [-0.3, -0.25) is 0 Å². The highest BCUT2D eigenvalue weighted by molar-refractivity contribution is 9.10. The molecule has 0 aliphatic rings. The van der Waals surface area contributed by atoms with Gasteiger partial charge in [-0.25, -0.2) is 9.67 Å². The number of pyridine rings is 1. The van der Waals surface area contributed by atoms with Crippen LogP contribution in [-0.4, -0.2) is 14.8 Å². The van der Waals surface area contributed by atoms with Gasteiger partial charge in [0.2, 0.25) is 0 Å². The lowest BCUT2D eigenvalue weighted by Gasteiger charge is -1.99. The average molecular weight is 349 g/mol. The van der Waals surface area contributed by atoms with Crippen LogP contribution in [0, 0.1) is 0 Å². The zero-order valence-electron chi connectivity index (χ0n) is 10.9. The molecule has 20 heavy (non-hydrogen) atoms. The van der Waals surface area contributed by atoms with E-state index in [1.54, 1.807) is 28.4 Å². The predicted molar refractivity (Wildman–Crippen MR) is 86.2 cm³/mol. The first-order valence-electron chi connectivity index (χ1n) is 6.23. The van der Waals surface area contributed by atoms with E-state index >= 15 is 0 Å². The van der Waals surface area contributed by atoms with E-state index < -0.39 is 0 Å². The Kier molecular flexibility index (Phi) is 3.58. The molecule has 0 unspecified atom stereocenters. The number of thiophene rings is 1. The van der Waals surface area contributed by atoms with Crippen molar-refractivity contribution >= 4 is 33.0 Å². The van der Waals surface area contributed by atoms with Crippen LogP contribution < -0.4 is 5.73 Å². The third-order valence-corrected chi connectivity index (χ3v) is 4.64. The van der Waals surface area contributed by atoms with E-state index in [2.05, 4.69) is 45.1 Å². The van der Waals surface area contributed by atoms with Crippen molar-refractivity contribution in [3.8, 4) is 16.4 Å². The Bertz CT molecular complexity index is 730. The molecular formula is C14H13BrN4S. The van der Waals surface area contributed by atoms with Gasteiger partial charge in [-0.05, 0) is 46.6 Å². The topological polar surface area (TPSA) is 56.7 Å². The zero-order chi connectivity index (χ0) is 14.1. The van der Waals surface area contributed by atoms with Crippen LogP contribution in [0.1, 0.15) is 11.8 Å². The summed E-state index contributed by atoms with van der Waals surface area (Å²) in [6, 6.07) is 8.02. The number of aryl methyl sites for hydroxylation is 1. The first kappa shape index (κ1) is 13.3. The lowest BCUT2D eigenvalue weighted by atomic mass is 10.3. The number of nitrogens with two attached hydrogens (primary N) is 1. The fourth-order valence-electron chi connectivity index (χ4n) is 1.89. The van der Waals surface area contributed by atoms with E-state index in [9.17, 15) is 0 Å². The molecule has 2 N–H and O–H groups in total. The molecule has 0 aliphatic heterocycles. The van der Waals surface area contributed by atoms with Crippen molar-refractivity contribution < 1.29 is 0 Å². The molecule has 0 saturated heterocycles. The van der Waals surface area contributed by atoms with E-state index in [4.69, 9.17) is 5.73 Å². The molecule has 0 radical (unpaired) electrons. The molecular weight excluding hydrogens is 336 g/mol. The number of aromatic nitrogens is 3. The Balaban J connectivity index is 2.00. The smallest absolute Gasteiger partial charge is 0.153 e. The first-order valence-corrected chi connectivity index (χ1v) is 7.84. The molecule has 6 heteroatoms. The van der Waals surface area contributed by atoms with Crippen molar-refractivity contribution in [2.24, 2.45) is 0 Å². The average Bonchev–Trinajstić information content (AvgIpc) is 3.05. The molecule has 0 fully saturated rings. The van der Waals surface area contributed by atoms with Gasteiger partial charge in [0.15, 0.2) is 5.82 Å². The monoisotopic (exact) mass is 348 g/mol. The van der Waals surface area contributed by atoms with Crippen LogP contribution in [0.4, 0.5) is 5.69 Å². The normalized spacial score (nSPS) is 10.9. The van der Waals surface area contributed by atoms with Crippen molar-refractivity contribution in [3.63, 3.8) is 0 Å². The van der Waals surface area contributed by atoms with Crippen molar-refractivity contribution in [2.45, 2.75) is 13.3 Å². The van der Waals surface area contributed by atoms with Crippen LogP contribution in [0.3, 0.4) is 0 Å². The van der Waals surface area contributed by atoms with Gasteiger partial charge in [-0.2, -0.15) is 5.10 Å². The standard InChI is InChI=1S/C14H13BrN4S/c1-2-10-4-5-12(20-10)14-11(16)8-19(18-14)13-6-3-9(15)7-17-13/h3-8H,2,16H2,1H3. The Labute approximate surface area is 129 Å². The zero-order valence-corrected chi connectivity index (χ0v) is 13.3. The summed E-state index contributed by atoms with van der Waals surface area (Å²) >= 11 is 5.10. The SMILES string of the molecule is CCc1ccc(-c2nn(-c3ccc(Br)cn3)cc2N)s1. The molecule has 3 rings (SSSR count). The minimum atomic E-state index is 0.666. The maximum Gasteiger partial charge on any atom is 0.153 e. The molecule has 3 aromatic rings. The Hall–Kier alpha value is -1.66. The molecule has 3 aromatic heterocycles. The summed E-state index contributed by atoms with van der Waals surface area (Å²) in [5, 5.41) is 4.55. The number of nitrogens with zero attached hydrogens (tertiary/aromatic N) is 3. The van der Waals surface area contributed by atoms with Crippen LogP contribution in [0.5, 0.6) is 0 Å². The minimum absolute atomic E-state index is 0.666. The van der Waals surface area contributed by atoms with Crippen LogP contribution in [0.15, 0.2) is 41.1 Å². The second-order valence-corrected chi connectivity index (χ2v) is 6.42. The fraction of sp³-hybridized carbons (Fsp3) is 0.143. The van der Waals surface area contributed by atoms with Crippen molar-refractivity contribution in [1.29, 1.82) is 0 Å². The van der Waals surface area contributed by atoms with Crippen LogP contribution in [0.2, 0.25) is 0 Å². The van der Waals surface area contributed by atoms with Gasteiger partial charge in [0, 0.05) is 15.5 Å². The highest BCUT2D eigenvalue weighted by atomic mass is 79.9. The van der Waals surface area contributed by atoms with Crippen molar-refractivity contribution in [1.82, 2.24) is 14.8 Å². The van der Waals surface area contributed by atoms with Gasteiger partial charge in [0.1, 0.15) is 5.69 Å². The van der Waals surface area contributed by atoms with E-state index in [1.807, 2.05) is 12.1 Å². The summed E-state index contributed by atoms with van der Waals surface area (Å²) in [6.07, 6.45) is 4.57. The fourth-order valence-corrected chi connectivity index (χ4v) is 3.08. The van der Waals surface area contributed by atoms with Crippen LogP contribution in [-0.2, 0) is 6.42 Å². The van der Waals surface area contributed by atoms with Crippen LogP contribution >= 0.6 is 27.3 Å².